The van der Waals surface area contributed by atoms with Crippen molar-refractivity contribution in [3.8, 4) is 11.5 Å². The van der Waals surface area contributed by atoms with Gasteiger partial charge >= 0.3 is 0 Å². The maximum atomic E-state index is 9.15. The van der Waals surface area contributed by atoms with Gasteiger partial charge in [-0.2, -0.15) is 0 Å². The first-order valence-electron chi connectivity index (χ1n) is 5.04. The van der Waals surface area contributed by atoms with Gasteiger partial charge in [0.05, 0.1) is 19.3 Å². The third-order valence-electron chi connectivity index (χ3n) is 2.54. The highest BCUT2D eigenvalue weighted by molar-refractivity contribution is 5.53. The Morgan fingerprint density at radius 3 is 3.00 bits per heavy atom. The highest BCUT2D eigenvalue weighted by Gasteiger charge is 2.24. The molecule has 0 saturated heterocycles. The highest BCUT2D eigenvalue weighted by atomic mass is 16.7. The van der Waals surface area contributed by atoms with Crippen molar-refractivity contribution in [1.82, 2.24) is 0 Å². The molecular formula is C11H15NO4. The third kappa shape index (κ3) is 1.84. The molecule has 16 heavy (non-hydrogen) atoms. The normalized spacial score (nSPS) is 15.2. The van der Waals surface area contributed by atoms with Gasteiger partial charge in [0, 0.05) is 12.7 Å². The maximum absolute atomic E-state index is 9.15. The molecule has 0 spiro atoms. The minimum absolute atomic E-state index is 0.142. The van der Waals surface area contributed by atoms with E-state index in [4.69, 9.17) is 25.1 Å². The second kappa shape index (κ2) is 4.69. The quantitative estimate of drug-likeness (QED) is 0.783. The predicted molar refractivity (Wildman–Crippen MR) is 57.3 cm³/mol. The number of hydrogen-bond donors (Lipinski definition) is 2. The molecule has 2 rings (SSSR count). The second-order valence-electron chi connectivity index (χ2n) is 3.59. The Labute approximate surface area is 93.7 Å². The lowest BCUT2D eigenvalue weighted by Gasteiger charge is -2.16. The topological polar surface area (TPSA) is 73.9 Å². The molecular weight excluding hydrogens is 210 g/mol. The van der Waals surface area contributed by atoms with Gasteiger partial charge in [-0.15, -0.1) is 0 Å². The molecule has 1 unspecified atom stereocenters. The van der Waals surface area contributed by atoms with E-state index >= 15 is 0 Å². The van der Waals surface area contributed by atoms with E-state index in [1.165, 1.54) is 0 Å². The number of methoxy groups -OCH3 is 1. The van der Waals surface area contributed by atoms with Crippen molar-refractivity contribution in [3.05, 3.63) is 23.3 Å². The van der Waals surface area contributed by atoms with E-state index in [9.17, 15) is 0 Å². The molecule has 1 aromatic carbocycles. The van der Waals surface area contributed by atoms with E-state index in [-0.39, 0.29) is 13.4 Å². The molecule has 1 atom stereocenters. The number of benzene rings is 1. The molecule has 1 heterocycles. The molecule has 0 fully saturated rings. The van der Waals surface area contributed by atoms with E-state index in [0.29, 0.717) is 18.1 Å². The van der Waals surface area contributed by atoms with Crippen LogP contribution in [0.5, 0.6) is 11.5 Å². The number of rotatable bonds is 4. The first kappa shape index (κ1) is 11.2. The van der Waals surface area contributed by atoms with Crippen molar-refractivity contribution in [2.45, 2.75) is 12.6 Å². The van der Waals surface area contributed by atoms with E-state index in [0.717, 1.165) is 11.1 Å². The van der Waals surface area contributed by atoms with E-state index in [2.05, 4.69) is 0 Å². The average Bonchev–Trinajstić information content (AvgIpc) is 2.76. The summed E-state index contributed by atoms with van der Waals surface area (Å²) in [5.74, 6) is 1.29. The number of aliphatic hydroxyl groups is 1. The molecule has 0 aliphatic carbocycles. The Balaban J connectivity index is 2.46. The highest BCUT2D eigenvalue weighted by Crippen LogP contribution is 2.40. The van der Waals surface area contributed by atoms with E-state index < -0.39 is 6.04 Å². The monoisotopic (exact) mass is 225 g/mol. The summed E-state index contributed by atoms with van der Waals surface area (Å²) in [5.41, 5.74) is 7.53. The lowest BCUT2D eigenvalue weighted by atomic mass is 10.00. The largest absolute Gasteiger partial charge is 0.454 e. The molecule has 0 saturated carbocycles. The van der Waals surface area contributed by atoms with Crippen LogP contribution in [0.3, 0.4) is 0 Å². The van der Waals surface area contributed by atoms with Crippen molar-refractivity contribution in [3.63, 3.8) is 0 Å². The number of aliphatic hydroxyl groups excluding tert-OH is 1. The summed E-state index contributed by atoms with van der Waals surface area (Å²) in [6, 6.07) is 3.22. The first-order chi connectivity index (χ1) is 7.77. The van der Waals surface area contributed by atoms with Crippen molar-refractivity contribution < 1.29 is 19.3 Å². The lowest BCUT2D eigenvalue weighted by molar-refractivity contribution is 0.170. The molecule has 5 heteroatoms. The van der Waals surface area contributed by atoms with Crippen molar-refractivity contribution >= 4 is 0 Å². The lowest BCUT2D eigenvalue weighted by Crippen LogP contribution is -2.17. The fourth-order valence-corrected chi connectivity index (χ4v) is 1.81. The van der Waals surface area contributed by atoms with Gasteiger partial charge < -0.3 is 25.1 Å². The van der Waals surface area contributed by atoms with Crippen LogP contribution in [0, 0.1) is 0 Å². The zero-order valence-electron chi connectivity index (χ0n) is 9.10. The summed E-state index contributed by atoms with van der Waals surface area (Å²) < 4.78 is 15.7. The number of ether oxygens (including phenoxy) is 3. The summed E-state index contributed by atoms with van der Waals surface area (Å²) >= 11 is 0. The van der Waals surface area contributed by atoms with Crippen LogP contribution in [0.25, 0.3) is 0 Å². The molecule has 3 N–H and O–H groups in total. The predicted octanol–water partition coefficient (Wildman–Crippen LogP) is 0.554. The van der Waals surface area contributed by atoms with Crippen LogP contribution >= 0.6 is 0 Å². The van der Waals surface area contributed by atoms with Gasteiger partial charge in [0.15, 0.2) is 11.5 Å². The zero-order valence-corrected chi connectivity index (χ0v) is 9.10. The minimum Gasteiger partial charge on any atom is -0.454 e. The van der Waals surface area contributed by atoms with Crippen LogP contribution in [0.1, 0.15) is 17.2 Å². The fraction of sp³-hybridized carbons (Fsp3) is 0.455. The Hall–Kier alpha value is -1.30. The van der Waals surface area contributed by atoms with Gasteiger partial charge in [0.1, 0.15) is 0 Å². The Bertz CT molecular complexity index is 380. The molecule has 0 radical (unpaired) electrons. The Kier molecular flexibility index (Phi) is 3.28. The summed E-state index contributed by atoms with van der Waals surface area (Å²) in [7, 11) is 1.61. The summed E-state index contributed by atoms with van der Waals surface area (Å²) in [4.78, 5) is 0. The number of hydrogen-bond acceptors (Lipinski definition) is 5. The van der Waals surface area contributed by atoms with E-state index in [1.807, 2.05) is 12.1 Å². The third-order valence-corrected chi connectivity index (χ3v) is 2.54. The Morgan fingerprint density at radius 1 is 1.50 bits per heavy atom. The van der Waals surface area contributed by atoms with E-state index in [1.54, 1.807) is 7.11 Å². The van der Waals surface area contributed by atoms with Crippen LogP contribution in [-0.2, 0) is 11.3 Å². The van der Waals surface area contributed by atoms with Crippen LogP contribution in [0.2, 0.25) is 0 Å². The van der Waals surface area contributed by atoms with Crippen LogP contribution < -0.4 is 15.2 Å². The SMILES string of the molecule is COCc1ccc2c(c1C(N)CO)OCO2. The van der Waals surface area contributed by atoms with Crippen molar-refractivity contribution in [2.24, 2.45) is 5.73 Å². The van der Waals surface area contributed by atoms with Crippen LogP contribution in [-0.4, -0.2) is 25.6 Å². The van der Waals surface area contributed by atoms with Crippen molar-refractivity contribution in [1.29, 1.82) is 0 Å². The zero-order chi connectivity index (χ0) is 11.5. The molecule has 1 aliphatic rings. The molecule has 1 aromatic rings. The molecule has 0 aromatic heterocycles. The fourth-order valence-electron chi connectivity index (χ4n) is 1.81. The summed E-state index contributed by atoms with van der Waals surface area (Å²) in [6.07, 6.45) is 0. The molecule has 1 aliphatic heterocycles. The first-order valence-corrected chi connectivity index (χ1v) is 5.04. The molecule has 0 bridgehead atoms. The van der Waals surface area contributed by atoms with Gasteiger partial charge in [-0.25, -0.2) is 0 Å². The second-order valence-corrected chi connectivity index (χ2v) is 3.59. The summed E-state index contributed by atoms with van der Waals surface area (Å²) in [6.45, 7) is 0.479. The van der Waals surface area contributed by atoms with Gasteiger partial charge in [-0.1, -0.05) is 6.07 Å². The maximum Gasteiger partial charge on any atom is 0.231 e. The van der Waals surface area contributed by atoms with Crippen LogP contribution in [0.4, 0.5) is 0 Å². The van der Waals surface area contributed by atoms with Gasteiger partial charge in [0.2, 0.25) is 6.79 Å². The van der Waals surface area contributed by atoms with Gasteiger partial charge in [-0.05, 0) is 11.6 Å². The minimum atomic E-state index is -0.484. The number of nitrogens with two attached hydrogens (primary N) is 1. The average molecular weight is 225 g/mol. The molecule has 5 nitrogen and oxygen atoms in total. The van der Waals surface area contributed by atoms with Crippen LogP contribution in [0.15, 0.2) is 12.1 Å². The van der Waals surface area contributed by atoms with Crippen molar-refractivity contribution in [2.75, 3.05) is 20.5 Å². The standard InChI is InChI=1S/C11H15NO4/c1-14-5-7-2-3-9-11(16-6-15-9)10(7)8(12)4-13/h2-3,8,13H,4-6,12H2,1H3. The molecule has 0 amide bonds. The number of fused-ring (bicyclic) bond motifs is 1. The smallest absolute Gasteiger partial charge is 0.231 e. The van der Waals surface area contributed by atoms with Gasteiger partial charge in [-0.3, -0.25) is 0 Å². The summed E-state index contributed by atoms with van der Waals surface area (Å²) in [5, 5.41) is 9.15. The molecule has 88 valence electrons. The Morgan fingerprint density at radius 2 is 2.31 bits per heavy atom. The van der Waals surface area contributed by atoms with Gasteiger partial charge in [0.25, 0.3) is 0 Å².